The fourth-order valence-electron chi connectivity index (χ4n) is 2.70. The molecule has 0 saturated carbocycles. The van der Waals surface area contributed by atoms with Crippen molar-refractivity contribution < 1.29 is 9.53 Å². The molecule has 0 bridgehead atoms. The van der Waals surface area contributed by atoms with Gasteiger partial charge >= 0.3 is 5.97 Å². The van der Waals surface area contributed by atoms with Crippen LogP contribution in [0.25, 0.3) is 11.1 Å². The van der Waals surface area contributed by atoms with Gasteiger partial charge in [-0.2, -0.15) is 0 Å². The van der Waals surface area contributed by atoms with Gasteiger partial charge in [0.15, 0.2) is 0 Å². The minimum absolute atomic E-state index is 0.172. The first-order valence-corrected chi connectivity index (χ1v) is 7.50. The van der Waals surface area contributed by atoms with Crippen molar-refractivity contribution in [3.05, 3.63) is 65.7 Å². The van der Waals surface area contributed by atoms with Crippen molar-refractivity contribution >= 4 is 33.5 Å². The molecule has 1 aliphatic carbocycles. The van der Waals surface area contributed by atoms with Gasteiger partial charge in [0.25, 0.3) is 0 Å². The molecule has 2 aromatic carbocycles. The Morgan fingerprint density at radius 2 is 1.81 bits per heavy atom. The lowest BCUT2D eigenvalue weighted by atomic mass is 10.1. The van der Waals surface area contributed by atoms with Gasteiger partial charge < -0.3 is 4.74 Å². The molecule has 1 aliphatic heterocycles. The number of carbonyl (C=O) groups is 1. The number of rotatable bonds is 1. The van der Waals surface area contributed by atoms with Crippen LogP contribution < -0.4 is 0 Å². The number of carbonyl (C=O) groups excluding carboxylic acids is 1. The zero-order valence-electron chi connectivity index (χ0n) is 10.9. The summed E-state index contributed by atoms with van der Waals surface area (Å²) in [6.07, 6.45) is 2.95. The van der Waals surface area contributed by atoms with Crippen LogP contribution in [0.3, 0.4) is 0 Å². The van der Waals surface area contributed by atoms with E-state index in [1.54, 1.807) is 6.08 Å². The Kier molecular flexibility index (Phi) is 2.79. The Morgan fingerprint density at radius 1 is 1.00 bits per heavy atom. The number of aliphatic imine (C=N–C) groups is 1. The molecule has 0 fully saturated rings. The van der Waals surface area contributed by atoms with E-state index in [-0.39, 0.29) is 10.8 Å². The Labute approximate surface area is 130 Å². The summed E-state index contributed by atoms with van der Waals surface area (Å²) < 4.78 is 4.96. The molecule has 2 aliphatic rings. The lowest BCUT2D eigenvalue weighted by molar-refractivity contribution is -0.129. The third-order valence-corrected chi connectivity index (χ3v) is 4.63. The van der Waals surface area contributed by atoms with Gasteiger partial charge in [-0.1, -0.05) is 46.3 Å². The minimum Gasteiger partial charge on any atom is -0.404 e. The van der Waals surface area contributed by atoms with Gasteiger partial charge in [0.1, 0.15) is 0 Å². The second-order valence-electron chi connectivity index (χ2n) is 4.93. The highest BCUT2D eigenvalue weighted by atomic mass is 79.9. The van der Waals surface area contributed by atoms with Crippen LogP contribution in [0.1, 0.15) is 16.0 Å². The number of ether oxygens (including phenoxy) is 1. The number of alkyl halides is 1. The molecule has 0 amide bonds. The van der Waals surface area contributed by atoms with E-state index < -0.39 is 0 Å². The van der Waals surface area contributed by atoms with Crippen molar-refractivity contribution in [3.8, 4) is 11.1 Å². The van der Waals surface area contributed by atoms with Crippen molar-refractivity contribution in [2.45, 2.75) is 4.83 Å². The summed E-state index contributed by atoms with van der Waals surface area (Å²) in [6, 6.07) is 14.4. The first-order chi connectivity index (χ1) is 10.2. The molecule has 0 spiro atoms. The maximum atomic E-state index is 11.0. The van der Waals surface area contributed by atoms with Crippen molar-refractivity contribution in [3.63, 3.8) is 0 Å². The van der Waals surface area contributed by atoms with Crippen LogP contribution in [0, 0.1) is 0 Å². The van der Waals surface area contributed by atoms with Crippen LogP contribution in [0.2, 0.25) is 0 Å². The van der Waals surface area contributed by atoms with Crippen LogP contribution in [-0.4, -0.2) is 11.9 Å². The highest BCUT2D eigenvalue weighted by Gasteiger charge is 2.26. The number of hydrogen-bond donors (Lipinski definition) is 0. The number of nitrogens with zero attached hydrogens (tertiary/aromatic N) is 1. The number of halogens is 1. The molecule has 1 heterocycles. The third-order valence-electron chi connectivity index (χ3n) is 3.64. The Hall–Kier alpha value is -2.20. The molecule has 0 saturated heterocycles. The second-order valence-corrected chi connectivity index (χ2v) is 5.84. The maximum absolute atomic E-state index is 11.0. The average Bonchev–Trinajstić information content (AvgIpc) is 3.03. The first kappa shape index (κ1) is 12.5. The molecule has 0 radical (unpaired) electrons. The van der Waals surface area contributed by atoms with E-state index in [1.165, 1.54) is 28.3 Å². The van der Waals surface area contributed by atoms with E-state index >= 15 is 0 Å². The van der Waals surface area contributed by atoms with E-state index in [2.05, 4.69) is 39.1 Å². The Bertz CT molecular complexity index is 823. The average molecular weight is 340 g/mol. The quantitative estimate of drug-likeness (QED) is 0.574. The summed E-state index contributed by atoms with van der Waals surface area (Å²) >= 11 is 3.74. The number of hydrogen-bond acceptors (Lipinski definition) is 3. The van der Waals surface area contributed by atoms with Crippen LogP contribution in [0.15, 0.2) is 59.6 Å². The van der Waals surface area contributed by atoms with E-state index in [0.29, 0.717) is 5.90 Å². The largest absolute Gasteiger partial charge is 0.404 e. The van der Waals surface area contributed by atoms with Crippen molar-refractivity contribution in [1.82, 2.24) is 0 Å². The fraction of sp³-hybridized carbons (Fsp3) is 0.0588. The standard InChI is InChI=1S/C17H10BrNO2/c18-17-13-4-2-1-3-11(13)12-6-5-10(9-14(12)17)19-15-7-8-16(20)21-15/h1-9,17H. The van der Waals surface area contributed by atoms with Gasteiger partial charge in [0.2, 0.25) is 5.90 Å². The maximum Gasteiger partial charge on any atom is 0.337 e. The number of fused-ring (bicyclic) bond motifs is 3. The normalized spacial score (nSPS) is 20.5. The Morgan fingerprint density at radius 3 is 2.62 bits per heavy atom. The minimum atomic E-state index is -0.374. The topological polar surface area (TPSA) is 38.7 Å². The molecule has 0 N–H and O–H groups in total. The van der Waals surface area contributed by atoms with E-state index in [1.807, 2.05) is 24.3 Å². The molecule has 3 nitrogen and oxygen atoms in total. The van der Waals surface area contributed by atoms with Crippen molar-refractivity contribution in [2.24, 2.45) is 4.99 Å². The monoisotopic (exact) mass is 339 g/mol. The van der Waals surface area contributed by atoms with Crippen LogP contribution in [0.5, 0.6) is 0 Å². The van der Waals surface area contributed by atoms with Crippen LogP contribution in [-0.2, 0) is 9.53 Å². The molecule has 102 valence electrons. The molecular formula is C17H10BrNO2. The predicted molar refractivity (Wildman–Crippen MR) is 85.0 cm³/mol. The molecule has 2 aromatic rings. The highest BCUT2D eigenvalue weighted by Crippen LogP contribution is 2.48. The molecule has 1 atom stereocenters. The summed E-state index contributed by atoms with van der Waals surface area (Å²) in [5.41, 5.74) is 5.70. The van der Waals surface area contributed by atoms with Crippen LogP contribution >= 0.6 is 15.9 Å². The third kappa shape index (κ3) is 2.03. The first-order valence-electron chi connectivity index (χ1n) is 6.58. The SMILES string of the molecule is O=C1C=CC(=Nc2ccc3c(c2)C(Br)c2ccccc2-3)O1. The molecule has 4 heteroatoms. The fourth-order valence-corrected chi connectivity index (χ4v) is 3.48. The lowest BCUT2D eigenvalue weighted by Crippen LogP contribution is -1.98. The molecule has 1 unspecified atom stereocenters. The molecule has 21 heavy (non-hydrogen) atoms. The zero-order chi connectivity index (χ0) is 14.4. The summed E-state index contributed by atoms with van der Waals surface area (Å²) in [6.45, 7) is 0. The lowest BCUT2D eigenvalue weighted by Gasteiger charge is -2.05. The van der Waals surface area contributed by atoms with Crippen LogP contribution in [0.4, 0.5) is 5.69 Å². The van der Waals surface area contributed by atoms with Crippen molar-refractivity contribution in [2.75, 3.05) is 0 Å². The Balaban J connectivity index is 1.77. The molecular weight excluding hydrogens is 330 g/mol. The highest BCUT2D eigenvalue weighted by molar-refractivity contribution is 9.09. The molecule has 4 rings (SSSR count). The number of esters is 1. The number of cyclic esters (lactones) is 1. The summed E-state index contributed by atoms with van der Waals surface area (Å²) in [5.74, 6) is -0.0396. The van der Waals surface area contributed by atoms with E-state index in [0.717, 1.165) is 5.69 Å². The molecule has 0 aromatic heterocycles. The summed E-state index contributed by atoms with van der Waals surface area (Å²) in [5, 5.41) is 0. The van der Waals surface area contributed by atoms with Crippen molar-refractivity contribution in [1.29, 1.82) is 0 Å². The predicted octanol–water partition coefficient (Wildman–Crippen LogP) is 4.29. The van der Waals surface area contributed by atoms with E-state index in [9.17, 15) is 4.79 Å². The zero-order valence-corrected chi connectivity index (χ0v) is 12.5. The number of benzene rings is 2. The van der Waals surface area contributed by atoms with Gasteiger partial charge in [0.05, 0.1) is 10.5 Å². The van der Waals surface area contributed by atoms with Gasteiger partial charge in [0, 0.05) is 12.2 Å². The smallest absolute Gasteiger partial charge is 0.337 e. The van der Waals surface area contributed by atoms with Gasteiger partial charge in [-0.15, -0.1) is 0 Å². The van der Waals surface area contributed by atoms with E-state index in [4.69, 9.17) is 4.74 Å². The summed E-state index contributed by atoms with van der Waals surface area (Å²) in [4.78, 5) is 15.6. The van der Waals surface area contributed by atoms with Gasteiger partial charge in [-0.05, 0) is 34.4 Å². The summed E-state index contributed by atoms with van der Waals surface area (Å²) in [7, 11) is 0. The van der Waals surface area contributed by atoms with Gasteiger partial charge in [-0.25, -0.2) is 9.79 Å². The van der Waals surface area contributed by atoms with Gasteiger partial charge in [-0.3, -0.25) is 0 Å². The second kappa shape index (κ2) is 4.67.